The lowest BCUT2D eigenvalue weighted by atomic mass is 10.2. The number of fused-ring (bicyclic) bond motifs is 1. The van der Waals surface area contributed by atoms with Gasteiger partial charge in [-0.2, -0.15) is 5.10 Å². The smallest absolute Gasteiger partial charge is 0.270 e. The number of hydrogen-bond donors (Lipinski definition) is 0. The van der Waals surface area contributed by atoms with Crippen LogP contribution in [0.15, 0.2) is 42.6 Å². The van der Waals surface area contributed by atoms with Crippen LogP contribution in [0.4, 0.5) is 10.1 Å². The topological polar surface area (TPSA) is 73.4 Å². The largest absolute Gasteiger partial charge is 0.494 e. The van der Waals surface area contributed by atoms with Crippen LogP contribution in [0.5, 0.6) is 5.75 Å². The number of hydrogen-bond acceptors (Lipinski definition) is 5. The van der Waals surface area contributed by atoms with Gasteiger partial charge in [-0.25, -0.2) is 4.39 Å². The highest BCUT2D eigenvalue weighted by molar-refractivity contribution is 5.81. The summed E-state index contributed by atoms with van der Waals surface area (Å²) in [7, 11) is 3.32. The molecule has 2 aromatic carbocycles. The van der Waals surface area contributed by atoms with E-state index in [9.17, 15) is 14.5 Å². The standard InChI is InChI=1S/C17H17FN4O3/c1-20(10-12-3-6-17(25-2)15(18)7-12)11-21-16-5-4-14(22(23)24)8-13(16)9-19-21/h3-9H,10-11H2,1-2H3. The number of non-ortho nitro benzene ring substituents is 1. The van der Waals surface area contributed by atoms with Gasteiger partial charge in [0, 0.05) is 24.1 Å². The Labute approximate surface area is 143 Å². The molecule has 7 nitrogen and oxygen atoms in total. The van der Waals surface area contributed by atoms with Gasteiger partial charge in [0.15, 0.2) is 11.6 Å². The van der Waals surface area contributed by atoms with Crippen molar-refractivity contribution < 1.29 is 14.1 Å². The van der Waals surface area contributed by atoms with Crippen molar-refractivity contribution in [3.8, 4) is 5.75 Å². The van der Waals surface area contributed by atoms with Crippen molar-refractivity contribution in [2.45, 2.75) is 13.2 Å². The summed E-state index contributed by atoms with van der Waals surface area (Å²) < 4.78 is 20.4. The molecule has 0 saturated carbocycles. The SMILES string of the molecule is COc1ccc(CN(C)Cn2ncc3cc([N+](=O)[O-])ccc32)cc1F. The average Bonchev–Trinajstić information content (AvgIpc) is 2.97. The quantitative estimate of drug-likeness (QED) is 0.507. The van der Waals surface area contributed by atoms with Crippen molar-refractivity contribution in [3.63, 3.8) is 0 Å². The summed E-state index contributed by atoms with van der Waals surface area (Å²) in [5.74, 6) is -0.184. The Balaban J connectivity index is 1.74. The van der Waals surface area contributed by atoms with Crippen LogP contribution in [0.25, 0.3) is 10.9 Å². The Morgan fingerprint density at radius 1 is 1.32 bits per heavy atom. The fourth-order valence-electron chi connectivity index (χ4n) is 2.70. The van der Waals surface area contributed by atoms with Crippen molar-refractivity contribution in [3.05, 3.63) is 64.1 Å². The number of nitro benzene ring substituents is 1. The summed E-state index contributed by atoms with van der Waals surface area (Å²) in [4.78, 5) is 12.4. The van der Waals surface area contributed by atoms with E-state index >= 15 is 0 Å². The molecular weight excluding hydrogens is 327 g/mol. The zero-order chi connectivity index (χ0) is 18.0. The van der Waals surface area contributed by atoms with Gasteiger partial charge < -0.3 is 4.74 Å². The van der Waals surface area contributed by atoms with Gasteiger partial charge in [-0.05, 0) is 30.8 Å². The molecule has 0 saturated heterocycles. The van der Waals surface area contributed by atoms with Crippen LogP contribution in [0, 0.1) is 15.9 Å². The average molecular weight is 344 g/mol. The molecule has 0 spiro atoms. The molecule has 0 fully saturated rings. The fourth-order valence-corrected chi connectivity index (χ4v) is 2.70. The van der Waals surface area contributed by atoms with Gasteiger partial charge in [-0.15, -0.1) is 0 Å². The van der Waals surface area contributed by atoms with Gasteiger partial charge >= 0.3 is 0 Å². The summed E-state index contributed by atoms with van der Waals surface area (Å²) in [6.07, 6.45) is 1.60. The van der Waals surface area contributed by atoms with Crippen LogP contribution >= 0.6 is 0 Å². The maximum absolute atomic E-state index is 13.8. The molecule has 0 radical (unpaired) electrons. The van der Waals surface area contributed by atoms with Gasteiger partial charge in [0.25, 0.3) is 5.69 Å². The molecule has 130 valence electrons. The zero-order valence-corrected chi connectivity index (χ0v) is 13.8. The number of aromatic nitrogens is 2. The van der Waals surface area contributed by atoms with E-state index in [-0.39, 0.29) is 11.4 Å². The molecule has 0 aliphatic rings. The van der Waals surface area contributed by atoms with Crippen molar-refractivity contribution >= 4 is 16.6 Å². The second-order valence-electron chi connectivity index (χ2n) is 5.77. The van der Waals surface area contributed by atoms with Crippen LogP contribution in [0.2, 0.25) is 0 Å². The predicted octanol–water partition coefficient (Wildman–Crippen LogP) is 3.18. The molecule has 0 bridgehead atoms. The number of rotatable bonds is 6. The van der Waals surface area contributed by atoms with Crippen LogP contribution in [0.3, 0.4) is 0 Å². The van der Waals surface area contributed by atoms with E-state index in [1.165, 1.54) is 25.3 Å². The van der Waals surface area contributed by atoms with Gasteiger partial charge in [0.2, 0.25) is 0 Å². The van der Waals surface area contributed by atoms with Gasteiger partial charge in [-0.3, -0.25) is 19.7 Å². The van der Waals surface area contributed by atoms with Gasteiger partial charge in [-0.1, -0.05) is 6.07 Å². The van der Waals surface area contributed by atoms with E-state index in [0.29, 0.717) is 18.6 Å². The summed E-state index contributed by atoms with van der Waals surface area (Å²) in [6, 6.07) is 9.49. The first-order chi connectivity index (χ1) is 12.0. The van der Waals surface area contributed by atoms with E-state index < -0.39 is 10.7 Å². The maximum atomic E-state index is 13.8. The number of halogens is 1. The Morgan fingerprint density at radius 2 is 2.12 bits per heavy atom. The van der Waals surface area contributed by atoms with Crippen molar-refractivity contribution in [2.24, 2.45) is 0 Å². The van der Waals surface area contributed by atoms with E-state index in [1.807, 2.05) is 18.0 Å². The molecule has 0 aliphatic heterocycles. The second-order valence-corrected chi connectivity index (χ2v) is 5.77. The van der Waals surface area contributed by atoms with Crippen molar-refractivity contribution in [1.29, 1.82) is 0 Å². The molecule has 1 heterocycles. The lowest BCUT2D eigenvalue weighted by Gasteiger charge is -2.17. The first kappa shape index (κ1) is 16.8. The van der Waals surface area contributed by atoms with Crippen molar-refractivity contribution in [2.75, 3.05) is 14.2 Å². The number of methoxy groups -OCH3 is 1. The molecular formula is C17H17FN4O3. The molecule has 8 heteroatoms. The molecule has 1 aromatic heterocycles. The van der Waals surface area contributed by atoms with Crippen LogP contribution in [-0.2, 0) is 13.2 Å². The Bertz CT molecular complexity index is 925. The molecule has 3 rings (SSSR count). The number of ether oxygens (including phenoxy) is 1. The lowest BCUT2D eigenvalue weighted by Crippen LogP contribution is -2.22. The molecule has 0 atom stereocenters. The third-order valence-electron chi connectivity index (χ3n) is 3.88. The normalized spacial score (nSPS) is 11.2. The Hall–Kier alpha value is -3.00. The molecule has 3 aromatic rings. The van der Waals surface area contributed by atoms with Gasteiger partial charge in [0.1, 0.15) is 0 Å². The second kappa shape index (κ2) is 6.86. The van der Waals surface area contributed by atoms with Crippen LogP contribution in [-0.4, -0.2) is 33.8 Å². The first-order valence-corrected chi connectivity index (χ1v) is 7.59. The lowest BCUT2D eigenvalue weighted by molar-refractivity contribution is -0.384. The highest BCUT2D eigenvalue weighted by Gasteiger charge is 2.11. The third kappa shape index (κ3) is 3.58. The predicted molar refractivity (Wildman–Crippen MR) is 90.8 cm³/mol. The highest BCUT2D eigenvalue weighted by atomic mass is 19.1. The monoisotopic (exact) mass is 344 g/mol. The zero-order valence-electron chi connectivity index (χ0n) is 13.8. The third-order valence-corrected chi connectivity index (χ3v) is 3.88. The number of nitrogens with zero attached hydrogens (tertiary/aromatic N) is 4. The molecule has 0 unspecified atom stereocenters. The Kier molecular flexibility index (Phi) is 4.62. The van der Waals surface area contributed by atoms with E-state index in [2.05, 4.69) is 5.10 Å². The molecule has 0 amide bonds. The fraction of sp³-hybridized carbons (Fsp3) is 0.235. The maximum Gasteiger partial charge on any atom is 0.270 e. The van der Waals surface area contributed by atoms with E-state index in [4.69, 9.17) is 4.74 Å². The van der Waals surface area contributed by atoms with Crippen molar-refractivity contribution in [1.82, 2.24) is 14.7 Å². The van der Waals surface area contributed by atoms with Crippen LogP contribution < -0.4 is 4.74 Å². The molecule has 25 heavy (non-hydrogen) atoms. The minimum atomic E-state index is -0.429. The summed E-state index contributed by atoms with van der Waals surface area (Å²) >= 11 is 0. The summed E-state index contributed by atoms with van der Waals surface area (Å²) in [6.45, 7) is 0.990. The minimum Gasteiger partial charge on any atom is -0.494 e. The van der Waals surface area contributed by atoms with E-state index in [1.54, 1.807) is 23.0 Å². The number of nitro groups is 1. The minimum absolute atomic E-state index is 0.0362. The van der Waals surface area contributed by atoms with Gasteiger partial charge in [0.05, 0.1) is 30.4 Å². The molecule has 0 N–H and O–H groups in total. The summed E-state index contributed by atoms with van der Waals surface area (Å²) in [5, 5.41) is 15.8. The van der Waals surface area contributed by atoms with Crippen LogP contribution in [0.1, 0.15) is 5.56 Å². The van der Waals surface area contributed by atoms with E-state index in [0.717, 1.165) is 11.1 Å². The number of benzene rings is 2. The highest BCUT2D eigenvalue weighted by Crippen LogP contribution is 2.21. The summed E-state index contributed by atoms with van der Waals surface area (Å²) in [5.41, 5.74) is 1.65. The Morgan fingerprint density at radius 3 is 2.80 bits per heavy atom. The molecule has 0 aliphatic carbocycles. The first-order valence-electron chi connectivity index (χ1n) is 7.59.